The first-order valence-electron chi connectivity index (χ1n) is 4.87. The maximum Gasteiger partial charge on any atom is 0.152 e. The van der Waals surface area contributed by atoms with Gasteiger partial charge in [0.25, 0.3) is 0 Å². The molecule has 3 N–H and O–H groups in total. The summed E-state index contributed by atoms with van der Waals surface area (Å²) in [5.41, 5.74) is 5.30. The SMILES string of the molecule is CCOc1ccc(OC(C)C(=N)N)cc1. The number of hydrogen-bond donors (Lipinski definition) is 2. The molecule has 0 heterocycles. The molecule has 0 amide bonds. The zero-order valence-corrected chi connectivity index (χ0v) is 8.99. The van der Waals surface area contributed by atoms with Gasteiger partial charge in [0.05, 0.1) is 6.61 Å². The molecule has 1 aromatic carbocycles. The van der Waals surface area contributed by atoms with Gasteiger partial charge < -0.3 is 15.2 Å². The van der Waals surface area contributed by atoms with E-state index in [1.165, 1.54) is 0 Å². The molecule has 0 aromatic heterocycles. The molecule has 1 aromatic rings. The lowest BCUT2D eigenvalue weighted by Gasteiger charge is -2.13. The summed E-state index contributed by atoms with van der Waals surface area (Å²) in [7, 11) is 0. The van der Waals surface area contributed by atoms with Crippen LogP contribution >= 0.6 is 0 Å². The van der Waals surface area contributed by atoms with Crippen molar-refractivity contribution in [2.75, 3.05) is 6.61 Å². The summed E-state index contributed by atoms with van der Waals surface area (Å²) in [4.78, 5) is 0. The molecule has 4 heteroatoms. The molecular formula is C11H16N2O2. The number of rotatable bonds is 5. The van der Waals surface area contributed by atoms with Crippen LogP contribution in [0.3, 0.4) is 0 Å². The van der Waals surface area contributed by atoms with Crippen molar-refractivity contribution in [2.45, 2.75) is 20.0 Å². The van der Waals surface area contributed by atoms with E-state index < -0.39 is 6.10 Å². The third-order valence-electron chi connectivity index (χ3n) is 1.89. The van der Waals surface area contributed by atoms with Crippen molar-refractivity contribution in [3.63, 3.8) is 0 Å². The molecule has 0 fully saturated rings. The monoisotopic (exact) mass is 208 g/mol. The van der Waals surface area contributed by atoms with Gasteiger partial charge in [-0.25, -0.2) is 0 Å². The highest BCUT2D eigenvalue weighted by molar-refractivity contribution is 5.81. The maximum atomic E-state index is 7.19. The van der Waals surface area contributed by atoms with Crippen LogP contribution in [0.15, 0.2) is 24.3 Å². The first-order chi connectivity index (χ1) is 7.13. The van der Waals surface area contributed by atoms with Gasteiger partial charge in [0.2, 0.25) is 0 Å². The van der Waals surface area contributed by atoms with Crippen LogP contribution in [0, 0.1) is 5.41 Å². The zero-order chi connectivity index (χ0) is 11.3. The third kappa shape index (κ3) is 3.50. The number of nitrogens with one attached hydrogen (secondary N) is 1. The van der Waals surface area contributed by atoms with Crippen LogP contribution in [-0.4, -0.2) is 18.5 Å². The second-order valence-corrected chi connectivity index (χ2v) is 3.12. The Labute approximate surface area is 89.5 Å². The van der Waals surface area contributed by atoms with E-state index in [1.54, 1.807) is 19.1 Å². The van der Waals surface area contributed by atoms with E-state index in [2.05, 4.69) is 0 Å². The van der Waals surface area contributed by atoms with Crippen molar-refractivity contribution in [2.24, 2.45) is 5.73 Å². The average molecular weight is 208 g/mol. The summed E-state index contributed by atoms with van der Waals surface area (Å²) in [6.45, 7) is 4.31. The minimum atomic E-state index is -0.400. The van der Waals surface area contributed by atoms with Gasteiger partial charge in [-0.2, -0.15) is 0 Å². The lowest BCUT2D eigenvalue weighted by molar-refractivity contribution is 0.283. The fourth-order valence-electron chi connectivity index (χ4n) is 1.05. The summed E-state index contributed by atoms with van der Waals surface area (Å²) in [6, 6.07) is 7.24. The van der Waals surface area contributed by atoms with Crippen molar-refractivity contribution in [1.29, 1.82) is 5.41 Å². The minimum absolute atomic E-state index is 0.0175. The molecule has 1 atom stereocenters. The molecular weight excluding hydrogens is 192 g/mol. The van der Waals surface area contributed by atoms with Crippen LogP contribution in [0.4, 0.5) is 0 Å². The van der Waals surface area contributed by atoms with E-state index in [-0.39, 0.29) is 5.84 Å². The van der Waals surface area contributed by atoms with Gasteiger partial charge in [-0.05, 0) is 38.1 Å². The summed E-state index contributed by atoms with van der Waals surface area (Å²) in [5, 5.41) is 7.19. The maximum absolute atomic E-state index is 7.19. The van der Waals surface area contributed by atoms with E-state index in [0.717, 1.165) is 5.75 Å². The van der Waals surface area contributed by atoms with Gasteiger partial charge in [0, 0.05) is 0 Å². The number of hydrogen-bond acceptors (Lipinski definition) is 3. The summed E-state index contributed by atoms with van der Waals surface area (Å²) >= 11 is 0. The number of nitrogens with two attached hydrogens (primary N) is 1. The standard InChI is InChI=1S/C11H16N2O2/c1-3-14-9-4-6-10(7-5-9)15-8(2)11(12)13/h4-8H,3H2,1-2H3,(H3,12,13). The fraction of sp³-hybridized carbons (Fsp3) is 0.364. The van der Waals surface area contributed by atoms with Crippen LogP contribution in [0.2, 0.25) is 0 Å². The molecule has 82 valence electrons. The van der Waals surface area contributed by atoms with Gasteiger partial charge in [-0.15, -0.1) is 0 Å². The Morgan fingerprint density at radius 1 is 1.33 bits per heavy atom. The first-order valence-corrected chi connectivity index (χ1v) is 4.87. The Morgan fingerprint density at radius 3 is 2.33 bits per heavy atom. The molecule has 0 aliphatic rings. The predicted molar refractivity (Wildman–Crippen MR) is 59.6 cm³/mol. The fourth-order valence-corrected chi connectivity index (χ4v) is 1.05. The number of benzene rings is 1. The molecule has 0 bridgehead atoms. The van der Waals surface area contributed by atoms with Crippen molar-refractivity contribution in [3.8, 4) is 11.5 Å². The highest BCUT2D eigenvalue weighted by Crippen LogP contribution is 2.18. The zero-order valence-electron chi connectivity index (χ0n) is 8.99. The molecule has 0 radical (unpaired) electrons. The Morgan fingerprint density at radius 2 is 1.87 bits per heavy atom. The Balaban J connectivity index is 2.60. The van der Waals surface area contributed by atoms with E-state index in [1.807, 2.05) is 19.1 Å². The van der Waals surface area contributed by atoms with Crippen molar-refractivity contribution < 1.29 is 9.47 Å². The van der Waals surface area contributed by atoms with Crippen molar-refractivity contribution >= 4 is 5.84 Å². The summed E-state index contributed by atoms with van der Waals surface area (Å²) in [5.74, 6) is 1.50. The molecule has 0 aliphatic heterocycles. The van der Waals surface area contributed by atoms with E-state index in [9.17, 15) is 0 Å². The Hall–Kier alpha value is -1.71. The van der Waals surface area contributed by atoms with E-state index >= 15 is 0 Å². The summed E-state index contributed by atoms with van der Waals surface area (Å²) < 4.78 is 10.7. The van der Waals surface area contributed by atoms with Gasteiger partial charge in [-0.1, -0.05) is 0 Å². The van der Waals surface area contributed by atoms with Crippen molar-refractivity contribution in [1.82, 2.24) is 0 Å². The van der Waals surface area contributed by atoms with Gasteiger partial charge in [0.15, 0.2) is 6.10 Å². The third-order valence-corrected chi connectivity index (χ3v) is 1.89. The van der Waals surface area contributed by atoms with Crippen LogP contribution < -0.4 is 15.2 Å². The van der Waals surface area contributed by atoms with Gasteiger partial charge in [-0.3, -0.25) is 5.41 Å². The lowest BCUT2D eigenvalue weighted by atomic mass is 10.3. The molecule has 15 heavy (non-hydrogen) atoms. The number of ether oxygens (including phenoxy) is 2. The van der Waals surface area contributed by atoms with Gasteiger partial charge in [0.1, 0.15) is 17.3 Å². The van der Waals surface area contributed by atoms with Crippen LogP contribution in [0.1, 0.15) is 13.8 Å². The molecule has 1 rings (SSSR count). The lowest BCUT2D eigenvalue weighted by Crippen LogP contribution is -2.29. The predicted octanol–water partition coefficient (Wildman–Crippen LogP) is 1.79. The topological polar surface area (TPSA) is 68.3 Å². The van der Waals surface area contributed by atoms with Gasteiger partial charge >= 0.3 is 0 Å². The summed E-state index contributed by atoms with van der Waals surface area (Å²) in [6.07, 6.45) is -0.400. The molecule has 0 aliphatic carbocycles. The molecule has 1 unspecified atom stereocenters. The van der Waals surface area contributed by atoms with Crippen LogP contribution in [0.5, 0.6) is 11.5 Å². The van der Waals surface area contributed by atoms with Crippen molar-refractivity contribution in [3.05, 3.63) is 24.3 Å². The van der Waals surface area contributed by atoms with Crippen LogP contribution in [-0.2, 0) is 0 Å². The number of amidine groups is 1. The first kappa shape index (κ1) is 11.4. The largest absolute Gasteiger partial charge is 0.494 e. The Kier molecular flexibility index (Phi) is 3.97. The second-order valence-electron chi connectivity index (χ2n) is 3.12. The molecule has 0 saturated heterocycles. The second kappa shape index (κ2) is 5.24. The minimum Gasteiger partial charge on any atom is -0.494 e. The van der Waals surface area contributed by atoms with E-state index in [4.69, 9.17) is 20.6 Å². The molecule has 4 nitrogen and oxygen atoms in total. The quantitative estimate of drug-likeness (QED) is 0.572. The highest BCUT2D eigenvalue weighted by Gasteiger charge is 2.06. The molecule has 0 saturated carbocycles. The van der Waals surface area contributed by atoms with E-state index in [0.29, 0.717) is 12.4 Å². The smallest absolute Gasteiger partial charge is 0.152 e. The highest BCUT2D eigenvalue weighted by atomic mass is 16.5. The normalized spacial score (nSPS) is 11.9. The Bertz CT molecular complexity index is 322. The average Bonchev–Trinajstić information content (AvgIpc) is 2.21. The van der Waals surface area contributed by atoms with Crippen LogP contribution in [0.25, 0.3) is 0 Å². The molecule has 0 spiro atoms.